The number of likely N-dealkylation sites (N-methyl/N-ethyl adjacent to an activating group) is 1. The Bertz CT molecular complexity index is 638. The lowest BCUT2D eigenvalue weighted by atomic mass is 10.1. The van der Waals surface area contributed by atoms with Gasteiger partial charge >= 0.3 is 0 Å². The summed E-state index contributed by atoms with van der Waals surface area (Å²) in [5.74, 6) is 1.47. The van der Waals surface area contributed by atoms with Crippen LogP contribution in [0.2, 0.25) is 0 Å². The van der Waals surface area contributed by atoms with E-state index in [1.165, 1.54) is 11.3 Å². The lowest BCUT2D eigenvalue weighted by Gasteiger charge is -2.09. The van der Waals surface area contributed by atoms with Crippen molar-refractivity contribution in [1.82, 2.24) is 9.88 Å². The highest BCUT2D eigenvalue weighted by atomic mass is 32.1. The van der Waals surface area contributed by atoms with E-state index in [0.717, 1.165) is 22.0 Å². The fraction of sp³-hybridized carbons (Fsp3) is 0.333. The van der Waals surface area contributed by atoms with Crippen LogP contribution in [-0.2, 0) is 11.2 Å². The molecule has 0 atom stereocenters. The number of rotatable bonds is 5. The standard InChI is InChI=1S/C15H18N2O3S/c1-17(2)15(18)8-14-16-12(9-21-14)11-6-5-10(19-3)7-13(11)20-4/h5-7,9H,8H2,1-4H3. The van der Waals surface area contributed by atoms with E-state index < -0.39 is 0 Å². The Morgan fingerprint density at radius 1 is 1.29 bits per heavy atom. The molecule has 6 heteroatoms. The van der Waals surface area contributed by atoms with Crippen LogP contribution >= 0.6 is 11.3 Å². The predicted molar refractivity (Wildman–Crippen MR) is 83.1 cm³/mol. The molecule has 1 amide bonds. The molecule has 21 heavy (non-hydrogen) atoms. The van der Waals surface area contributed by atoms with E-state index in [1.807, 2.05) is 23.6 Å². The zero-order valence-corrected chi connectivity index (χ0v) is 13.4. The molecule has 1 heterocycles. The molecule has 0 saturated carbocycles. The first-order valence-electron chi connectivity index (χ1n) is 6.42. The van der Waals surface area contributed by atoms with Gasteiger partial charge in [-0.25, -0.2) is 4.98 Å². The molecular formula is C15H18N2O3S. The first kappa shape index (κ1) is 15.3. The molecule has 0 bridgehead atoms. The van der Waals surface area contributed by atoms with E-state index in [1.54, 1.807) is 33.2 Å². The lowest BCUT2D eigenvalue weighted by molar-refractivity contribution is -0.127. The van der Waals surface area contributed by atoms with Crippen molar-refractivity contribution in [1.29, 1.82) is 0 Å². The third kappa shape index (κ3) is 3.52. The number of hydrogen-bond donors (Lipinski definition) is 0. The monoisotopic (exact) mass is 306 g/mol. The first-order chi connectivity index (χ1) is 10.0. The minimum absolute atomic E-state index is 0.0394. The van der Waals surface area contributed by atoms with Crippen LogP contribution in [0.1, 0.15) is 5.01 Å². The highest BCUT2D eigenvalue weighted by molar-refractivity contribution is 7.10. The van der Waals surface area contributed by atoms with Crippen LogP contribution in [0, 0.1) is 0 Å². The van der Waals surface area contributed by atoms with Crippen molar-refractivity contribution in [3.8, 4) is 22.8 Å². The summed E-state index contributed by atoms with van der Waals surface area (Å²) in [5, 5.41) is 2.73. The number of aromatic nitrogens is 1. The normalized spacial score (nSPS) is 10.3. The fourth-order valence-electron chi connectivity index (χ4n) is 1.81. The predicted octanol–water partition coefficient (Wildman–Crippen LogP) is 2.46. The largest absolute Gasteiger partial charge is 0.497 e. The highest BCUT2D eigenvalue weighted by Crippen LogP contribution is 2.33. The van der Waals surface area contributed by atoms with E-state index in [0.29, 0.717) is 12.2 Å². The molecule has 0 fully saturated rings. The van der Waals surface area contributed by atoms with Crippen LogP contribution in [0.3, 0.4) is 0 Å². The number of carbonyl (C=O) groups excluding carboxylic acids is 1. The molecule has 5 nitrogen and oxygen atoms in total. The van der Waals surface area contributed by atoms with Crippen molar-refractivity contribution in [2.45, 2.75) is 6.42 Å². The Morgan fingerprint density at radius 3 is 2.67 bits per heavy atom. The molecule has 0 saturated heterocycles. The Kier molecular flexibility index (Phi) is 4.80. The Hall–Kier alpha value is -2.08. The minimum atomic E-state index is 0.0394. The molecule has 1 aromatic heterocycles. The molecule has 0 aliphatic rings. The zero-order valence-electron chi connectivity index (χ0n) is 12.5. The van der Waals surface area contributed by atoms with E-state index in [-0.39, 0.29) is 5.91 Å². The zero-order chi connectivity index (χ0) is 15.4. The quantitative estimate of drug-likeness (QED) is 0.851. The van der Waals surface area contributed by atoms with E-state index >= 15 is 0 Å². The van der Waals surface area contributed by atoms with Gasteiger partial charge in [-0.2, -0.15) is 0 Å². The van der Waals surface area contributed by atoms with Gasteiger partial charge < -0.3 is 14.4 Å². The average molecular weight is 306 g/mol. The van der Waals surface area contributed by atoms with Gasteiger partial charge in [-0.1, -0.05) is 0 Å². The molecule has 0 radical (unpaired) electrons. The Balaban J connectivity index is 2.27. The van der Waals surface area contributed by atoms with E-state index in [9.17, 15) is 4.79 Å². The third-order valence-corrected chi connectivity index (χ3v) is 3.89. The van der Waals surface area contributed by atoms with Gasteiger partial charge in [-0.05, 0) is 12.1 Å². The van der Waals surface area contributed by atoms with Gasteiger partial charge in [-0.3, -0.25) is 4.79 Å². The van der Waals surface area contributed by atoms with Crippen molar-refractivity contribution >= 4 is 17.2 Å². The molecule has 0 N–H and O–H groups in total. The van der Waals surface area contributed by atoms with E-state index in [2.05, 4.69) is 4.98 Å². The van der Waals surface area contributed by atoms with Crippen LogP contribution in [0.4, 0.5) is 0 Å². The molecule has 0 aliphatic heterocycles. The first-order valence-corrected chi connectivity index (χ1v) is 7.30. The summed E-state index contributed by atoms with van der Waals surface area (Å²) in [6, 6.07) is 5.59. The van der Waals surface area contributed by atoms with Gasteiger partial charge in [0.15, 0.2) is 0 Å². The fourth-order valence-corrected chi connectivity index (χ4v) is 2.60. The van der Waals surface area contributed by atoms with Crippen molar-refractivity contribution in [3.63, 3.8) is 0 Å². The summed E-state index contributed by atoms with van der Waals surface area (Å²) in [6.07, 6.45) is 0.316. The smallest absolute Gasteiger partial charge is 0.228 e. The van der Waals surface area contributed by atoms with Gasteiger partial charge in [0.05, 0.1) is 26.3 Å². The number of methoxy groups -OCH3 is 2. The molecule has 0 aliphatic carbocycles. The van der Waals surface area contributed by atoms with Crippen LogP contribution < -0.4 is 9.47 Å². The maximum absolute atomic E-state index is 11.7. The van der Waals surface area contributed by atoms with Crippen molar-refractivity contribution in [2.24, 2.45) is 0 Å². The van der Waals surface area contributed by atoms with Gasteiger partial charge in [0, 0.05) is 31.1 Å². The van der Waals surface area contributed by atoms with Crippen LogP contribution in [-0.4, -0.2) is 44.1 Å². The summed E-state index contributed by atoms with van der Waals surface area (Å²) in [6.45, 7) is 0. The maximum atomic E-state index is 11.7. The molecule has 0 unspecified atom stereocenters. The highest BCUT2D eigenvalue weighted by Gasteiger charge is 2.13. The number of amides is 1. The molecule has 2 rings (SSSR count). The summed E-state index contributed by atoms with van der Waals surface area (Å²) < 4.78 is 10.6. The van der Waals surface area contributed by atoms with Gasteiger partial charge in [0.25, 0.3) is 0 Å². The summed E-state index contributed by atoms with van der Waals surface area (Å²) in [5.41, 5.74) is 1.69. The number of ether oxygens (including phenoxy) is 2. The van der Waals surface area contributed by atoms with Gasteiger partial charge in [-0.15, -0.1) is 11.3 Å². The second-order valence-corrected chi connectivity index (χ2v) is 5.60. The second kappa shape index (κ2) is 6.58. The molecular weight excluding hydrogens is 288 g/mol. The van der Waals surface area contributed by atoms with Gasteiger partial charge in [0.1, 0.15) is 16.5 Å². The minimum Gasteiger partial charge on any atom is -0.497 e. The van der Waals surface area contributed by atoms with Crippen molar-refractivity contribution < 1.29 is 14.3 Å². The Labute approximate surface area is 128 Å². The summed E-state index contributed by atoms with van der Waals surface area (Å²) in [7, 11) is 6.70. The maximum Gasteiger partial charge on any atom is 0.228 e. The summed E-state index contributed by atoms with van der Waals surface area (Å²) >= 11 is 1.47. The van der Waals surface area contributed by atoms with Gasteiger partial charge in [0.2, 0.25) is 5.91 Å². The van der Waals surface area contributed by atoms with Crippen molar-refractivity contribution in [2.75, 3.05) is 28.3 Å². The second-order valence-electron chi connectivity index (χ2n) is 4.66. The lowest BCUT2D eigenvalue weighted by Crippen LogP contribution is -2.23. The molecule has 112 valence electrons. The molecule has 2 aromatic rings. The van der Waals surface area contributed by atoms with Crippen LogP contribution in [0.25, 0.3) is 11.3 Å². The van der Waals surface area contributed by atoms with E-state index in [4.69, 9.17) is 9.47 Å². The topological polar surface area (TPSA) is 51.7 Å². The SMILES string of the molecule is COc1ccc(-c2csc(CC(=O)N(C)C)n2)c(OC)c1. The Morgan fingerprint density at radius 2 is 2.05 bits per heavy atom. The third-order valence-electron chi connectivity index (χ3n) is 3.04. The molecule has 0 spiro atoms. The van der Waals surface area contributed by atoms with Crippen LogP contribution in [0.15, 0.2) is 23.6 Å². The van der Waals surface area contributed by atoms with Crippen molar-refractivity contribution in [3.05, 3.63) is 28.6 Å². The van der Waals surface area contributed by atoms with Crippen LogP contribution in [0.5, 0.6) is 11.5 Å². The number of thiazole rings is 1. The average Bonchev–Trinajstić information content (AvgIpc) is 2.94. The summed E-state index contributed by atoms with van der Waals surface area (Å²) in [4.78, 5) is 17.8. The number of hydrogen-bond acceptors (Lipinski definition) is 5. The number of carbonyl (C=O) groups is 1. The number of nitrogens with zero attached hydrogens (tertiary/aromatic N) is 2. The number of benzene rings is 1. The molecule has 1 aromatic carbocycles.